The summed E-state index contributed by atoms with van der Waals surface area (Å²) in [6, 6.07) is 0. The zero-order chi connectivity index (χ0) is 33.6. The van der Waals surface area contributed by atoms with E-state index in [0.717, 1.165) is 51.4 Å². The monoisotopic (exact) mass is 647 g/mol. The molecule has 0 aliphatic rings. The van der Waals surface area contributed by atoms with Crippen molar-refractivity contribution in [3.63, 3.8) is 0 Å². The molecule has 1 atom stereocenters. The van der Waals surface area contributed by atoms with E-state index in [-0.39, 0.29) is 25.2 Å². The van der Waals surface area contributed by atoms with Crippen LogP contribution in [-0.2, 0) is 19.1 Å². The van der Waals surface area contributed by atoms with Gasteiger partial charge in [-0.1, -0.05) is 166 Å². The van der Waals surface area contributed by atoms with E-state index in [1.54, 1.807) is 0 Å². The van der Waals surface area contributed by atoms with Crippen molar-refractivity contribution >= 4 is 11.9 Å². The third kappa shape index (κ3) is 35.0. The van der Waals surface area contributed by atoms with Crippen molar-refractivity contribution in [2.45, 2.75) is 200 Å². The summed E-state index contributed by atoms with van der Waals surface area (Å²) in [5.41, 5.74) is 0. The third-order valence-electron chi connectivity index (χ3n) is 8.44. The number of aliphatic hydroxyl groups is 1. The van der Waals surface area contributed by atoms with E-state index in [0.29, 0.717) is 12.8 Å². The summed E-state index contributed by atoms with van der Waals surface area (Å²) in [4.78, 5) is 24.2. The second kappa shape index (κ2) is 37.6. The normalized spacial score (nSPS) is 12.5. The Hall–Kier alpha value is -1.88. The zero-order valence-corrected chi connectivity index (χ0v) is 30.3. The fraction of sp³-hybridized carbons (Fsp3) is 0.805. The molecule has 0 aliphatic heterocycles. The fourth-order valence-corrected chi connectivity index (χ4v) is 5.44. The smallest absolute Gasteiger partial charge is 0.306 e. The van der Waals surface area contributed by atoms with Gasteiger partial charge in [0.2, 0.25) is 0 Å². The van der Waals surface area contributed by atoms with Crippen LogP contribution in [0.5, 0.6) is 0 Å². The van der Waals surface area contributed by atoms with Gasteiger partial charge in [0, 0.05) is 12.8 Å². The van der Waals surface area contributed by atoms with Gasteiger partial charge in [0.25, 0.3) is 0 Å². The predicted molar refractivity (Wildman–Crippen MR) is 196 cm³/mol. The third-order valence-corrected chi connectivity index (χ3v) is 8.44. The molecule has 0 aromatic heterocycles. The van der Waals surface area contributed by atoms with E-state index in [2.05, 4.69) is 50.3 Å². The number of aliphatic hydroxyl groups excluding tert-OH is 1. The number of ether oxygens (including phenoxy) is 2. The van der Waals surface area contributed by atoms with Crippen LogP contribution in [0.3, 0.4) is 0 Å². The number of esters is 2. The minimum absolute atomic E-state index is 0.0830. The first-order valence-corrected chi connectivity index (χ1v) is 19.5. The highest BCUT2D eigenvalue weighted by Gasteiger charge is 2.16. The van der Waals surface area contributed by atoms with Crippen LogP contribution in [0.15, 0.2) is 36.5 Å². The van der Waals surface area contributed by atoms with E-state index in [1.807, 2.05) is 0 Å². The van der Waals surface area contributed by atoms with Crippen LogP contribution in [0.25, 0.3) is 0 Å². The zero-order valence-electron chi connectivity index (χ0n) is 30.3. The van der Waals surface area contributed by atoms with E-state index in [1.165, 1.54) is 116 Å². The molecule has 0 unspecified atom stereocenters. The van der Waals surface area contributed by atoms with Crippen LogP contribution in [0.2, 0.25) is 0 Å². The number of rotatable bonds is 35. The van der Waals surface area contributed by atoms with Gasteiger partial charge in [-0.05, 0) is 51.4 Å². The lowest BCUT2D eigenvalue weighted by atomic mass is 10.0. The Bertz CT molecular complexity index is 741. The first kappa shape index (κ1) is 44.1. The van der Waals surface area contributed by atoms with Gasteiger partial charge in [-0.2, -0.15) is 0 Å². The van der Waals surface area contributed by atoms with Crippen LogP contribution >= 0.6 is 0 Å². The van der Waals surface area contributed by atoms with Gasteiger partial charge in [0.05, 0.1) is 6.61 Å². The molecule has 0 bridgehead atoms. The van der Waals surface area contributed by atoms with Gasteiger partial charge < -0.3 is 14.6 Å². The number of allylic oxidation sites excluding steroid dienone is 6. The Morgan fingerprint density at radius 1 is 0.500 bits per heavy atom. The molecule has 0 saturated heterocycles. The summed E-state index contributed by atoms with van der Waals surface area (Å²) in [6.07, 6.45) is 44.9. The predicted octanol–water partition coefficient (Wildman–Crippen LogP) is 12.1. The maximum Gasteiger partial charge on any atom is 0.306 e. The summed E-state index contributed by atoms with van der Waals surface area (Å²) < 4.78 is 10.6. The van der Waals surface area contributed by atoms with E-state index in [4.69, 9.17) is 9.47 Å². The van der Waals surface area contributed by atoms with E-state index >= 15 is 0 Å². The van der Waals surface area contributed by atoms with Gasteiger partial charge in [0.15, 0.2) is 6.10 Å². The Morgan fingerprint density at radius 2 is 0.870 bits per heavy atom. The van der Waals surface area contributed by atoms with Gasteiger partial charge in [-0.15, -0.1) is 0 Å². The molecule has 0 heterocycles. The molecule has 0 aromatic carbocycles. The lowest BCUT2D eigenvalue weighted by molar-refractivity contribution is -0.161. The lowest BCUT2D eigenvalue weighted by Crippen LogP contribution is -2.28. The minimum atomic E-state index is -0.783. The SMILES string of the molecule is CCCCC/C=C\C/C=C\C/C=C\CCCCC(=O)OC[C@H](CO)OC(=O)CCCCCCCCCCCCCCCCCCC. The first-order chi connectivity index (χ1) is 22.6. The Labute approximate surface area is 285 Å². The molecule has 0 aliphatic carbocycles. The van der Waals surface area contributed by atoms with Crippen molar-refractivity contribution in [1.29, 1.82) is 0 Å². The lowest BCUT2D eigenvalue weighted by Gasteiger charge is -2.15. The Balaban J connectivity index is 3.59. The number of hydrogen-bond acceptors (Lipinski definition) is 5. The van der Waals surface area contributed by atoms with Crippen LogP contribution in [0.4, 0.5) is 0 Å². The Kier molecular flexibility index (Phi) is 36.0. The number of unbranched alkanes of at least 4 members (excludes halogenated alkanes) is 21. The molecule has 0 spiro atoms. The number of hydrogen-bond donors (Lipinski definition) is 1. The maximum absolute atomic E-state index is 12.2. The van der Waals surface area contributed by atoms with Gasteiger partial charge in [0.1, 0.15) is 6.61 Å². The molecule has 268 valence electrons. The van der Waals surface area contributed by atoms with E-state index < -0.39 is 6.10 Å². The van der Waals surface area contributed by atoms with Gasteiger partial charge >= 0.3 is 11.9 Å². The summed E-state index contributed by atoms with van der Waals surface area (Å²) in [5, 5.41) is 9.54. The molecule has 5 heteroatoms. The van der Waals surface area contributed by atoms with Crippen LogP contribution in [0, 0.1) is 0 Å². The van der Waals surface area contributed by atoms with Crippen LogP contribution < -0.4 is 0 Å². The maximum atomic E-state index is 12.2. The summed E-state index contributed by atoms with van der Waals surface area (Å²) in [5.74, 6) is -0.631. The average Bonchev–Trinajstić information content (AvgIpc) is 3.06. The molecular weight excluding hydrogens is 572 g/mol. The van der Waals surface area contributed by atoms with Crippen molar-refractivity contribution in [1.82, 2.24) is 0 Å². The average molecular weight is 647 g/mol. The molecule has 0 saturated carbocycles. The highest BCUT2D eigenvalue weighted by molar-refractivity contribution is 5.70. The first-order valence-electron chi connectivity index (χ1n) is 19.5. The summed E-state index contributed by atoms with van der Waals surface area (Å²) in [6.45, 7) is 4.08. The second-order valence-corrected chi connectivity index (χ2v) is 13.0. The molecule has 0 amide bonds. The summed E-state index contributed by atoms with van der Waals surface area (Å²) >= 11 is 0. The van der Waals surface area contributed by atoms with Crippen molar-refractivity contribution < 1.29 is 24.2 Å². The van der Waals surface area contributed by atoms with Crippen molar-refractivity contribution in [2.24, 2.45) is 0 Å². The molecule has 0 aromatic rings. The summed E-state index contributed by atoms with van der Waals surface area (Å²) in [7, 11) is 0. The molecule has 46 heavy (non-hydrogen) atoms. The molecule has 0 radical (unpaired) electrons. The quantitative estimate of drug-likeness (QED) is 0.0421. The highest BCUT2D eigenvalue weighted by Crippen LogP contribution is 2.15. The fourth-order valence-electron chi connectivity index (χ4n) is 5.44. The van der Waals surface area contributed by atoms with Crippen LogP contribution in [0.1, 0.15) is 194 Å². The van der Waals surface area contributed by atoms with Crippen molar-refractivity contribution in [2.75, 3.05) is 13.2 Å². The molecule has 5 nitrogen and oxygen atoms in total. The number of carbonyl (C=O) groups is 2. The van der Waals surface area contributed by atoms with Crippen molar-refractivity contribution in [3.8, 4) is 0 Å². The molecule has 1 N–H and O–H groups in total. The number of carbonyl (C=O) groups excluding carboxylic acids is 2. The standard InChI is InChI=1S/C41H74O5/c1-3-5-7-9-11-13-15-17-19-20-22-24-26-28-30-32-34-36-41(44)46-39(37-42)38-45-40(43)35-33-31-29-27-25-23-21-18-16-14-12-10-8-6-4-2/h12,14,18,21,25,27,39,42H,3-11,13,15-17,19-20,22-24,26,28-38H2,1-2H3/b14-12-,21-18-,27-25-/t39-/m0/s1. The molecule has 0 rings (SSSR count). The minimum Gasteiger partial charge on any atom is -0.462 e. The highest BCUT2D eigenvalue weighted by atomic mass is 16.6. The molecular formula is C41H74O5. The van der Waals surface area contributed by atoms with Gasteiger partial charge in [-0.3, -0.25) is 9.59 Å². The largest absolute Gasteiger partial charge is 0.462 e. The van der Waals surface area contributed by atoms with E-state index in [9.17, 15) is 14.7 Å². The molecule has 0 fully saturated rings. The van der Waals surface area contributed by atoms with Gasteiger partial charge in [-0.25, -0.2) is 0 Å². The van der Waals surface area contributed by atoms with Crippen molar-refractivity contribution in [3.05, 3.63) is 36.5 Å². The second-order valence-electron chi connectivity index (χ2n) is 13.0. The Morgan fingerprint density at radius 3 is 1.35 bits per heavy atom. The topological polar surface area (TPSA) is 72.8 Å². The van der Waals surface area contributed by atoms with Crippen LogP contribution in [-0.4, -0.2) is 36.4 Å².